The van der Waals surface area contributed by atoms with Gasteiger partial charge < -0.3 is 14.4 Å². The van der Waals surface area contributed by atoms with Crippen LogP contribution in [0.5, 0.6) is 11.5 Å². The zero-order valence-electron chi connectivity index (χ0n) is 16.7. The van der Waals surface area contributed by atoms with Crippen LogP contribution in [-0.2, 0) is 0 Å². The van der Waals surface area contributed by atoms with Crippen LogP contribution in [0.2, 0.25) is 10.0 Å². The second-order valence-corrected chi connectivity index (χ2v) is 9.05. The van der Waals surface area contributed by atoms with E-state index in [4.69, 9.17) is 37.7 Å². The molecule has 0 unspecified atom stereocenters. The predicted molar refractivity (Wildman–Crippen MR) is 122 cm³/mol. The Balaban J connectivity index is 1.71. The van der Waals surface area contributed by atoms with Gasteiger partial charge in [-0.1, -0.05) is 34.5 Å². The topological polar surface area (TPSA) is 54.9 Å². The zero-order chi connectivity index (χ0) is 21.3. The minimum atomic E-state index is -0.224. The fourth-order valence-electron chi connectivity index (χ4n) is 3.20. The summed E-state index contributed by atoms with van der Waals surface area (Å²) in [6.07, 6.45) is 0.787. The molecule has 0 atom stereocenters. The number of carbonyl (C=O) groups is 1. The SMILES string of the molecule is CN(C)CCCN(C(=O)c1cc(Cl)ccc1Cl)c1nc2cc3c(cc2s1)OCCO3. The number of aromatic nitrogens is 1. The number of hydrogen-bond acceptors (Lipinski definition) is 6. The summed E-state index contributed by atoms with van der Waals surface area (Å²) in [4.78, 5) is 21.9. The number of hydrogen-bond donors (Lipinski definition) is 0. The first kappa shape index (κ1) is 21.2. The number of fused-ring (bicyclic) bond motifs is 2. The summed E-state index contributed by atoms with van der Waals surface area (Å²) in [6.45, 7) is 2.38. The largest absolute Gasteiger partial charge is 0.486 e. The average molecular weight is 466 g/mol. The number of rotatable bonds is 6. The lowest BCUT2D eigenvalue weighted by Crippen LogP contribution is -2.33. The number of carbonyl (C=O) groups excluding carboxylic acids is 1. The van der Waals surface area contributed by atoms with Gasteiger partial charge in [0.25, 0.3) is 5.91 Å². The summed E-state index contributed by atoms with van der Waals surface area (Å²) < 4.78 is 12.3. The van der Waals surface area contributed by atoms with Gasteiger partial charge in [-0.25, -0.2) is 4.98 Å². The molecule has 2 aromatic carbocycles. The molecule has 0 spiro atoms. The molecule has 9 heteroatoms. The van der Waals surface area contributed by atoms with Gasteiger partial charge in [-0.15, -0.1) is 0 Å². The van der Waals surface area contributed by atoms with Crippen LogP contribution in [0.3, 0.4) is 0 Å². The molecular weight excluding hydrogens is 445 g/mol. The Kier molecular flexibility index (Phi) is 6.34. The highest BCUT2D eigenvalue weighted by Crippen LogP contribution is 2.39. The van der Waals surface area contributed by atoms with Gasteiger partial charge in [-0.2, -0.15) is 0 Å². The summed E-state index contributed by atoms with van der Waals surface area (Å²) in [7, 11) is 4.00. The molecule has 0 bridgehead atoms. The van der Waals surface area contributed by atoms with Crippen LogP contribution in [-0.4, -0.2) is 56.2 Å². The van der Waals surface area contributed by atoms with Gasteiger partial charge in [-0.05, 0) is 45.3 Å². The fourth-order valence-corrected chi connectivity index (χ4v) is 4.57. The van der Waals surface area contributed by atoms with E-state index < -0.39 is 0 Å². The maximum absolute atomic E-state index is 13.4. The Bertz CT molecular complexity index is 1040. The second kappa shape index (κ2) is 8.98. The Morgan fingerprint density at radius 1 is 1.10 bits per heavy atom. The maximum atomic E-state index is 13.4. The molecule has 1 aliphatic heterocycles. The Morgan fingerprint density at radius 2 is 1.83 bits per heavy atom. The number of thiazole rings is 1. The van der Waals surface area contributed by atoms with Crippen molar-refractivity contribution in [2.75, 3.05) is 45.3 Å². The third kappa shape index (κ3) is 4.49. The van der Waals surface area contributed by atoms with E-state index in [0.29, 0.717) is 52.0 Å². The molecule has 30 heavy (non-hydrogen) atoms. The van der Waals surface area contributed by atoms with E-state index in [1.165, 1.54) is 11.3 Å². The first-order chi connectivity index (χ1) is 14.4. The standard InChI is InChI=1S/C21H21Cl2N3O3S/c1-25(2)6-3-7-26(20(27)14-10-13(22)4-5-15(14)23)21-24-16-11-17-18(12-19(16)30-21)29-9-8-28-17/h4-5,10-12H,3,6-9H2,1-2H3. The van der Waals surface area contributed by atoms with Gasteiger partial charge in [0.05, 0.1) is 20.8 Å². The molecule has 0 fully saturated rings. The Morgan fingerprint density at radius 3 is 2.57 bits per heavy atom. The van der Waals surface area contributed by atoms with Crippen LogP contribution in [0, 0.1) is 0 Å². The molecule has 3 aromatic rings. The minimum absolute atomic E-state index is 0.224. The highest BCUT2D eigenvalue weighted by atomic mass is 35.5. The first-order valence-electron chi connectivity index (χ1n) is 9.54. The van der Waals surface area contributed by atoms with Crippen molar-refractivity contribution in [3.05, 3.63) is 45.9 Å². The maximum Gasteiger partial charge on any atom is 0.261 e. The molecule has 0 N–H and O–H groups in total. The van der Waals surface area contributed by atoms with Crippen LogP contribution in [0.1, 0.15) is 16.8 Å². The van der Waals surface area contributed by atoms with Gasteiger partial charge in [0.1, 0.15) is 13.2 Å². The summed E-state index contributed by atoms with van der Waals surface area (Å²) >= 11 is 13.9. The van der Waals surface area contributed by atoms with Crippen molar-refractivity contribution >= 4 is 55.8 Å². The van der Waals surface area contributed by atoms with Crippen LogP contribution >= 0.6 is 34.5 Å². The Hall–Kier alpha value is -2.06. The van der Waals surface area contributed by atoms with E-state index >= 15 is 0 Å². The molecule has 1 aliphatic rings. The highest BCUT2D eigenvalue weighted by Gasteiger charge is 2.24. The van der Waals surface area contributed by atoms with E-state index in [1.54, 1.807) is 23.1 Å². The number of halogens is 2. The number of ether oxygens (including phenoxy) is 2. The summed E-state index contributed by atoms with van der Waals surface area (Å²) in [5, 5.41) is 1.43. The van der Waals surface area contributed by atoms with E-state index in [1.807, 2.05) is 26.2 Å². The quantitative estimate of drug-likeness (QED) is 0.514. The van der Waals surface area contributed by atoms with E-state index in [-0.39, 0.29) is 5.91 Å². The van der Waals surface area contributed by atoms with Crippen LogP contribution in [0.4, 0.5) is 5.13 Å². The van der Waals surface area contributed by atoms with E-state index in [0.717, 1.165) is 23.2 Å². The number of anilines is 1. The smallest absolute Gasteiger partial charge is 0.261 e. The summed E-state index contributed by atoms with van der Waals surface area (Å²) in [5.74, 6) is 1.15. The highest BCUT2D eigenvalue weighted by molar-refractivity contribution is 7.22. The number of benzene rings is 2. The fraction of sp³-hybridized carbons (Fsp3) is 0.333. The Labute approximate surface area is 188 Å². The van der Waals surface area contributed by atoms with Crippen molar-refractivity contribution in [1.82, 2.24) is 9.88 Å². The van der Waals surface area contributed by atoms with Gasteiger partial charge in [0, 0.05) is 23.7 Å². The van der Waals surface area contributed by atoms with Crippen molar-refractivity contribution < 1.29 is 14.3 Å². The molecule has 1 amide bonds. The third-order valence-electron chi connectivity index (χ3n) is 4.66. The van der Waals surface area contributed by atoms with Crippen LogP contribution in [0.25, 0.3) is 10.2 Å². The van der Waals surface area contributed by atoms with Crippen LogP contribution < -0.4 is 14.4 Å². The predicted octanol–water partition coefficient (Wildman–Crippen LogP) is 4.97. The molecule has 0 aliphatic carbocycles. The molecule has 1 aromatic heterocycles. The van der Waals surface area contributed by atoms with Crippen molar-refractivity contribution in [2.45, 2.75) is 6.42 Å². The van der Waals surface area contributed by atoms with E-state index in [2.05, 4.69) is 4.90 Å². The van der Waals surface area contributed by atoms with Crippen molar-refractivity contribution in [3.63, 3.8) is 0 Å². The monoisotopic (exact) mass is 465 g/mol. The molecule has 2 heterocycles. The molecule has 158 valence electrons. The third-order valence-corrected chi connectivity index (χ3v) is 6.27. The zero-order valence-corrected chi connectivity index (χ0v) is 19.0. The van der Waals surface area contributed by atoms with E-state index in [9.17, 15) is 4.79 Å². The lowest BCUT2D eigenvalue weighted by molar-refractivity contribution is 0.0986. The molecule has 0 radical (unpaired) electrons. The molecule has 6 nitrogen and oxygen atoms in total. The van der Waals surface area contributed by atoms with Gasteiger partial charge >= 0.3 is 0 Å². The molecular formula is C21H21Cl2N3O3S. The van der Waals surface area contributed by atoms with Gasteiger partial charge in [0.15, 0.2) is 16.6 Å². The van der Waals surface area contributed by atoms with Crippen molar-refractivity contribution in [3.8, 4) is 11.5 Å². The molecule has 0 saturated heterocycles. The van der Waals surface area contributed by atoms with Crippen molar-refractivity contribution in [1.29, 1.82) is 0 Å². The number of amides is 1. The number of nitrogens with zero attached hydrogens (tertiary/aromatic N) is 3. The lowest BCUT2D eigenvalue weighted by Gasteiger charge is -2.21. The summed E-state index contributed by atoms with van der Waals surface area (Å²) in [6, 6.07) is 8.67. The first-order valence-corrected chi connectivity index (χ1v) is 11.1. The second-order valence-electron chi connectivity index (χ2n) is 7.20. The minimum Gasteiger partial charge on any atom is -0.486 e. The van der Waals surface area contributed by atoms with Gasteiger partial charge in [-0.3, -0.25) is 9.69 Å². The van der Waals surface area contributed by atoms with Crippen molar-refractivity contribution in [2.24, 2.45) is 0 Å². The normalized spacial score (nSPS) is 13.1. The lowest BCUT2D eigenvalue weighted by atomic mass is 10.2. The molecule has 4 rings (SSSR count). The summed E-state index contributed by atoms with van der Waals surface area (Å²) in [5.41, 5.74) is 1.13. The molecule has 0 saturated carbocycles. The van der Waals surface area contributed by atoms with Gasteiger partial charge in [0.2, 0.25) is 0 Å². The van der Waals surface area contributed by atoms with Crippen LogP contribution in [0.15, 0.2) is 30.3 Å². The average Bonchev–Trinajstić information content (AvgIpc) is 3.12.